The summed E-state index contributed by atoms with van der Waals surface area (Å²) < 4.78 is 5.81. The monoisotopic (exact) mass is 305 g/mol. The van der Waals surface area contributed by atoms with E-state index in [1.54, 1.807) is 6.07 Å². The van der Waals surface area contributed by atoms with Crippen LogP contribution in [0, 0.1) is 0 Å². The van der Waals surface area contributed by atoms with Gasteiger partial charge in [-0.05, 0) is 37.2 Å². The molecule has 1 unspecified atom stereocenters. The highest BCUT2D eigenvalue weighted by atomic mass is 35.5. The Morgan fingerprint density at radius 3 is 2.67 bits per heavy atom. The van der Waals surface area contributed by atoms with Crippen molar-refractivity contribution >= 4 is 11.6 Å². The average Bonchev–Trinajstić information content (AvgIpc) is 2.48. The van der Waals surface area contributed by atoms with Crippen LogP contribution in [0.5, 0.6) is 11.5 Å². The number of hydrogen-bond acceptors (Lipinski definition) is 3. The molecule has 21 heavy (non-hydrogen) atoms. The van der Waals surface area contributed by atoms with E-state index in [0.29, 0.717) is 16.5 Å². The van der Waals surface area contributed by atoms with Crippen LogP contribution in [0.4, 0.5) is 0 Å². The molecule has 0 saturated carbocycles. The van der Waals surface area contributed by atoms with Gasteiger partial charge in [-0.25, -0.2) is 0 Å². The third-order valence-corrected chi connectivity index (χ3v) is 3.65. The lowest BCUT2D eigenvalue weighted by Gasteiger charge is -2.16. The number of halogens is 1. The van der Waals surface area contributed by atoms with E-state index in [-0.39, 0.29) is 12.6 Å². The lowest BCUT2D eigenvalue weighted by atomic mass is 10.1. The molecule has 0 fully saturated rings. The molecule has 2 N–H and O–H groups in total. The summed E-state index contributed by atoms with van der Waals surface area (Å²) in [4.78, 5) is 0. The SMILES string of the molecule is CCNC(C)c1ccc(Oc2ccccc2CO)cc1Cl. The summed E-state index contributed by atoms with van der Waals surface area (Å²) in [7, 11) is 0. The predicted molar refractivity (Wildman–Crippen MR) is 86.0 cm³/mol. The Kier molecular flexibility index (Phi) is 5.62. The number of nitrogens with one attached hydrogen (secondary N) is 1. The number of hydrogen-bond donors (Lipinski definition) is 2. The van der Waals surface area contributed by atoms with Crippen LogP contribution in [-0.2, 0) is 6.61 Å². The zero-order valence-corrected chi connectivity index (χ0v) is 13.0. The first-order valence-electron chi connectivity index (χ1n) is 7.05. The first kappa shape index (κ1) is 15.8. The zero-order chi connectivity index (χ0) is 15.2. The minimum Gasteiger partial charge on any atom is -0.457 e. The Bertz CT molecular complexity index is 601. The van der Waals surface area contributed by atoms with E-state index in [2.05, 4.69) is 19.2 Å². The van der Waals surface area contributed by atoms with Crippen molar-refractivity contribution in [3.63, 3.8) is 0 Å². The number of rotatable bonds is 6. The predicted octanol–water partition coefficient (Wildman–Crippen LogP) is 4.30. The van der Waals surface area contributed by atoms with Crippen LogP contribution in [-0.4, -0.2) is 11.7 Å². The molecule has 0 spiro atoms. The maximum absolute atomic E-state index is 9.31. The summed E-state index contributed by atoms with van der Waals surface area (Å²) in [5.41, 5.74) is 1.79. The van der Waals surface area contributed by atoms with Gasteiger partial charge in [-0.3, -0.25) is 0 Å². The fourth-order valence-electron chi connectivity index (χ4n) is 2.20. The van der Waals surface area contributed by atoms with Crippen molar-refractivity contribution in [1.29, 1.82) is 0 Å². The van der Waals surface area contributed by atoms with Crippen LogP contribution in [0.25, 0.3) is 0 Å². The standard InChI is InChI=1S/C17H20ClNO2/c1-3-19-12(2)15-9-8-14(10-16(15)18)21-17-7-5-4-6-13(17)11-20/h4-10,12,19-20H,3,11H2,1-2H3. The van der Waals surface area contributed by atoms with Gasteiger partial charge in [0.15, 0.2) is 0 Å². The van der Waals surface area contributed by atoms with Crippen LogP contribution in [0.1, 0.15) is 31.0 Å². The molecule has 2 rings (SSSR count). The first-order chi connectivity index (χ1) is 10.2. The maximum atomic E-state index is 9.31. The summed E-state index contributed by atoms with van der Waals surface area (Å²) >= 11 is 6.33. The van der Waals surface area contributed by atoms with Crippen LogP contribution in [0.3, 0.4) is 0 Å². The van der Waals surface area contributed by atoms with Gasteiger partial charge < -0.3 is 15.2 Å². The topological polar surface area (TPSA) is 41.5 Å². The van der Waals surface area contributed by atoms with Crippen molar-refractivity contribution in [2.45, 2.75) is 26.5 Å². The highest BCUT2D eigenvalue weighted by Gasteiger charge is 2.10. The lowest BCUT2D eigenvalue weighted by molar-refractivity contribution is 0.276. The Hall–Kier alpha value is -1.55. The van der Waals surface area contributed by atoms with Gasteiger partial charge in [0.25, 0.3) is 0 Å². The molecule has 0 bridgehead atoms. The second-order valence-corrected chi connectivity index (χ2v) is 5.24. The van der Waals surface area contributed by atoms with Gasteiger partial charge in [0.1, 0.15) is 11.5 Å². The molecule has 2 aromatic carbocycles. The molecule has 0 radical (unpaired) electrons. The van der Waals surface area contributed by atoms with Crippen LogP contribution in [0.15, 0.2) is 42.5 Å². The van der Waals surface area contributed by atoms with Gasteiger partial charge in [0.2, 0.25) is 0 Å². The molecule has 112 valence electrons. The summed E-state index contributed by atoms with van der Waals surface area (Å²) in [5, 5.41) is 13.3. The smallest absolute Gasteiger partial charge is 0.132 e. The zero-order valence-electron chi connectivity index (χ0n) is 12.3. The molecule has 0 saturated heterocycles. The molecule has 0 aromatic heterocycles. The number of aliphatic hydroxyl groups excluding tert-OH is 1. The molecule has 0 aliphatic heterocycles. The first-order valence-corrected chi connectivity index (χ1v) is 7.43. The largest absolute Gasteiger partial charge is 0.457 e. The number of para-hydroxylation sites is 1. The van der Waals surface area contributed by atoms with Gasteiger partial charge in [-0.1, -0.05) is 42.8 Å². The van der Waals surface area contributed by atoms with Crippen molar-refractivity contribution in [2.24, 2.45) is 0 Å². The number of benzene rings is 2. The molecule has 3 nitrogen and oxygen atoms in total. The Balaban J connectivity index is 2.20. The fourth-order valence-corrected chi connectivity index (χ4v) is 2.53. The average molecular weight is 306 g/mol. The molecule has 0 amide bonds. The summed E-state index contributed by atoms with van der Waals surface area (Å²) in [6, 6.07) is 13.3. The van der Waals surface area contributed by atoms with E-state index in [0.717, 1.165) is 17.7 Å². The quantitative estimate of drug-likeness (QED) is 0.836. The van der Waals surface area contributed by atoms with E-state index in [4.69, 9.17) is 16.3 Å². The highest BCUT2D eigenvalue weighted by molar-refractivity contribution is 6.31. The van der Waals surface area contributed by atoms with Crippen molar-refractivity contribution in [3.05, 3.63) is 58.6 Å². The maximum Gasteiger partial charge on any atom is 0.132 e. The van der Waals surface area contributed by atoms with E-state index >= 15 is 0 Å². The minimum atomic E-state index is -0.0561. The third-order valence-electron chi connectivity index (χ3n) is 3.32. The summed E-state index contributed by atoms with van der Waals surface area (Å²) in [6.45, 7) is 4.97. The summed E-state index contributed by atoms with van der Waals surface area (Å²) in [5.74, 6) is 1.30. The molecule has 0 aliphatic carbocycles. The Labute approximate surface area is 130 Å². The Morgan fingerprint density at radius 1 is 1.24 bits per heavy atom. The molecule has 0 aliphatic rings. The molecular weight excluding hydrogens is 286 g/mol. The fraction of sp³-hybridized carbons (Fsp3) is 0.294. The van der Waals surface area contributed by atoms with Crippen molar-refractivity contribution in [1.82, 2.24) is 5.32 Å². The number of ether oxygens (including phenoxy) is 1. The van der Waals surface area contributed by atoms with E-state index in [9.17, 15) is 5.11 Å². The van der Waals surface area contributed by atoms with Crippen molar-refractivity contribution in [2.75, 3.05) is 6.54 Å². The van der Waals surface area contributed by atoms with Crippen LogP contribution >= 0.6 is 11.6 Å². The molecule has 1 atom stereocenters. The highest BCUT2D eigenvalue weighted by Crippen LogP contribution is 2.31. The second-order valence-electron chi connectivity index (χ2n) is 4.83. The van der Waals surface area contributed by atoms with E-state index < -0.39 is 0 Å². The van der Waals surface area contributed by atoms with Gasteiger partial charge >= 0.3 is 0 Å². The van der Waals surface area contributed by atoms with Gasteiger partial charge in [-0.2, -0.15) is 0 Å². The molecule has 2 aromatic rings. The van der Waals surface area contributed by atoms with Gasteiger partial charge in [0, 0.05) is 16.6 Å². The van der Waals surface area contributed by atoms with Crippen molar-refractivity contribution in [3.8, 4) is 11.5 Å². The third kappa shape index (κ3) is 3.97. The van der Waals surface area contributed by atoms with Gasteiger partial charge in [0.05, 0.1) is 6.61 Å². The summed E-state index contributed by atoms with van der Waals surface area (Å²) in [6.07, 6.45) is 0. The van der Waals surface area contributed by atoms with Crippen LogP contribution in [0.2, 0.25) is 5.02 Å². The molecular formula is C17H20ClNO2. The minimum absolute atomic E-state index is 0.0561. The molecule has 4 heteroatoms. The van der Waals surface area contributed by atoms with E-state index in [1.165, 1.54) is 0 Å². The lowest BCUT2D eigenvalue weighted by Crippen LogP contribution is -2.17. The Morgan fingerprint density at radius 2 is 2.00 bits per heavy atom. The van der Waals surface area contributed by atoms with Crippen molar-refractivity contribution < 1.29 is 9.84 Å². The van der Waals surface area contributed by atoms with Crippen LogP contribution < -0.4 is 10.1 Å². The second kappa shape index (κ2) is 7.46. The van der Waals surface area contributed by atoms with Gasteiger partial charge in [-0.15, -0.1) is 0 Å². The molecule has 0 heterocycles. The number of aliphatic hydroxyl groups is 1. The van der Waals surface area contributed by atoms with E-state index in [1.807, 2.05) is 36.4 Å². The normalized spacial score (nSPS) is 12.2.